The summed E-state index contributed by atoms with van der Waals surface area (Å²) in [6.45, 7) is 0.403. The molecule has 1 amide bonds. The normalized spacial score (nSPS) is 13.8. The van der Waals surface area contributed by atoms with Crippen molar-refractivity contribution in [1.82, 2.24) is 0 Å². The highest BCUT2D eigenvalue weighted by Gasteiger charge is 2.31. The second kappa shape index (κ2) is 10.2. The van der Waals surface area contributed by atoms with E-state index in [-0.39, 0.29) is 36.8 Å². The van der Waals surface area contributed by atoms with E-state index in [1.54, 1.807) is 30.3 Å². The number of rotatable bonds is 4. The van der Waals surface area contributed by atoms with Gasteiger partial charge in [-0.25, -0.2) is 22.0 Å². The Kier molecular flexibility index (Phi) is 7.44. The largest absolute Gasteiger partial charge is 0.367 e. The summed E-state index contributed by atoms with van der Waals surface area (Å²) in [6.07, 6.45) is 0. The summed E-state index contributed by atoms with van der Waals surface area (Å²) < 4.78 is 69.5. The molecule has 0 bridgehead atoms. The molecule has 0 aliphatic carbocycles. The molecule has 0 atom stereocenters. The van der Waals surface area contributed by atoms with E-state index >= 15 is 0 Å². The molecule has 0 aromatic heterocycles. The molecule has 184 valence electrons. The Bertz CT molecular complexity index is 1290. The van der Waals surface area contributed by atoms with Crippen LogP contribution in [0.4, 0.5) is 39.0 Å². The molecule has 1 aliphatic rings. The van der Waals surface area contributed by atoms with Gasteiger partial charge in [0, 0.05) is 36.3 Å². The lowest BCUT2D eigenvalue weighted by atomic mass is 10.1. The first-order valence-corrected chi connectivity index (χ1v) is 11.7. The van der Waals surface area contributed by atoms with E-state index in [0.29, 0.717) is 20.9 Å². The van der Waals surface area contributed by atoms with Crippen LogP contribution in [0.5, 0.6) is 0 Å². The highest BCUT2D eigenvalue weighted by atomic mass is 79.9. The zero-order valence-electron chi connectivity index (χ0n) is 17.6. The van der Waals surface area contributed by atoms with E-state index in [4.69, 9.17) is 23.2 Å². The lowest BCUT2D eigenvalue weighted by Crippen LogP contribution is -2.47. The number of nitrogens with one attached hydrogen (secondary N) is 1. The maximum absolute atomic E-state index is 14.1. The summed E-state index contributed by atoms with van der Waals surface area (Å²) in [7, 11) is 0. The molecule has 12 heteroatoms. The van der Waals surface area contributed by atoms with Crippen LogP contribution in [0.3, 0.4) is 0 Å². The zero-order valence-corrected chi connectivity index (χ0v) is 20.7. The van der Waals surface area contributed by atoms with Crippen molar-refractivity contribution in [2.45, 2.75) is 0 Å². The fourth-order valence-corrected chi connectivity index (χ4v) is 4.62. The number of halogens is 8. The third-order valence-corrected chi connectivity index (χ3v) is 6.63. The molecular formula is C23H15BrCl2F5N3O. The molecule has 4 rings (SSSR count). The first kappa shape index (κ1) is 25.5. The van der Waals surface area contributed by atoms with Gasteiger partial charge in [-0.15, -0.1) is 0 Å². The predicted octanol–water partition coefficient (Wildman–Crippen LogP) is 7.03. The summed E-state index contributed by atoms with van der Waals surface area (Å²) in [5, 5.41) is 3.29. The second-order valence-electron chi connectivity index (χ2n) is 7.64. The van der Waals surface area contributed by atoms with Crippen LogP contribution in [0, 0.1) is 29.1 Å². The maximum atomic E-state index is 14.1. The van der Waals surface area contributed by atoms with Crippen LogP contribution in [0.25, 0.3) is 0 Å². The van der Waals surface area contributed by atoms with Gasteiger partial charge in [-0.3, -0.25) is 4.79 Å². The number of hydrogen-bond donors (Lipinski definition) is 1. The first-order chi connectivity index (χ1) is 16.6. The Balaban J connectivity index is 1.47. The number of hydrogen-bond acceptors (Lipinski definition) is 3. The molecule has 1 N–H and O–H groups in total. The monoisotopic (exact) mass is 593 g/mol. The molecule has 1 saturated heterocycles. The van der Waals surface area contributed by atoms with E-state index in [9.17, 15) is 26.7 Å². The molecule has 0 saturated carbocycles. The van der Waals surface area contributed by atoms with Gasteiger partial charge in [-0.1, -0.05) is 39.1 Å². The van der Waals surface area contributed by atoms with Crippen LogP contribution in [0.15, 0.2) is 40.9 Å². The average Bonchev–Trinajstić information content (AvgIpc) is 2.84. The predicted molar refractivity (Wildman–Crippen MR) is 129 cm³/mol. The fraction of sp³-hybridized carbons (Fsp3) is 0.174. The van der Waals surface area contributed by atoms with Gasteiger partial charge in [0.05, 0.1) is 21.3 Å². The number of amides is 1. The van der Waals surface area contributed by atoms with Crippen LogP contribution < -0.4 is 15.1 Å². The topological polar surface area (TPSA) is 35.6 Å². The van der Waals surface area contributed by atoms with E-state index in [1.807, 2.05) is 4.90 Å². The number of benzene rings is 3. The van der Waals surface area contributed by atoms with Gasteiger partial charge in [0.15, 0.2) is 23.3 Å². The Morgan fingerprint density at radius 2 is 1.34 bits per heavy atom. The summed E-state index contributed by atoms with van der Waals surface area (Å²) in [5.41, 5.74) is 0.323. The van der Waals surface area contributed by atoms with Crippen molar-refractivity contribution in [2.75, 3.05) is 41.3 Å². The molecule has 0 unspecified atom stereocenters. The molecule has 1 fully saturated rings. The smallest absolute Gasteiger partial charge is 0.257 e. The van der Waals surface area contributed by atoms with Gasteiger partial charge in [-0.05, 0) is 36.4 Å². The summed E-state index contributed by atoms with van der Waals surface area (Å²) >= 11 is 15.8. The third kappa shape index (κ3) is 5.05. The Hall–Kier alpha value is -2.56. The lowest BCUT2D eigenvalue weighted by Gasteiger charge is -2.38. The van der Waals surface area contributed by atoms with Crippen molar-refractivity contribution in [3.05, 3.63) is 85.6 Å². The highest BCUT2D eigenvalue weighted by molar-refractivity contribution is 9.10. The Labute approximate surface area is 215 Å². The lowest BCUT2D eigenvalue weighted by molar-refractivity contribution is 0.102. The first-order valence-electron chi connectivity index (χ1n) is 10.2. The van der Waals surface area contributed by atoms with E-state index < -0.39 is 40.7 Å². The Morgan fingerprint density at radius 1 is 0.771 bits per heavy atom. The fourth-order valence-electron chi connectivity index (χ4n) is 3.75. The quantitative estimate of drug-likeness (QED) is 0.200. The van der Waals surface area contributed by atoms with Crippen LogP contribution in [-0.4, -0.2) is 32.1 Å². The molecule has 35 heavy (non-hydrogen) atoms. The summed E-state index contributed by atoms with van der Waals surface area (Å²) in [5.74, 6) is -10.3. The van der Waals surface area contributed by atoms with E-state index in [1.165, 1.54) is 6.07 Å². The van der Waals surface area contributed by atoms with Crippen molar-refractivity contribution in [3.63, 3.8) is 0 Å². The molecule has 0 spiro atoms. The van der Waals surface area contributed by atoms with Crippen molar-refractivity contribution >= 4 is 62.1 Å². The molecule has 3 aromatic rings. The van der Waals surface area contributed by atoms with Gasteiger partial charge in [0.1, 0.15) is 5.69 Å². The minimum absolute atomic E-state index is 0.00540. The molecule has 1 heterocycles. The van der Waals surface area contributed by atoms with Crippen LogP contribution >= 0.6 is 39.1 Å². The number of carbonyl (C=O) groups is 1. The average molecular weight is 595 g/mol. The molecule has 0 radical (unpaired) electrons. The van der Waals surface area contributed by atoms with Gasteiger partial charge in [-0.2, -0.15) is 0 Å². The number of nitrogens with zero attached hydrogens (tertiary/aromatic N) is 2. The van der Waals surface area contributed by atoms with E-state index in [2.05, 4.69) is 21.2 Å². The van der Waals surface area contributed by atoms with Crippen LogP contribution in [-0.2, 0) is 0 Å². The van der Waals surface area contributed by atoms with Gasteiger partial charge in [0.2, 0.25) is 5.82 Å². The van der Waals surface area contributed by atoms with Crippen molar-refractivity contribution in [2.24, 2.45) is 0 Å². The zero-order chi connectivity index (χ0) is 25.4. The van der Waals surface area contributed by atoms with Crippen molar-refractivity contribution in [1.29, 1.82) is 0 Å². The number of anilines is 3. The Morgan fingerprint density at radius 3 is 1.94 bits per heavy atom. The van der Waals surface area contributed by atoms with Gasteiger partial charge < -0.3 is 15.1 Å². The van der Waals surface area contributed by atoms with Gasteiger partial charge in [0.25, 0.3) is 5.91 Å². The van der Waals surface area contributed by atoms with Gasteiger partial charge >= 0.3 is 0 Å². The molecule has 1 aliphatic heterocycles. The highest BCUT2D eigenvalue weighted by Crippen LogP contribution is 2.34. The minimum Gasteiger partial charge on any atom is -0.367 e. The summed E-state index contributed by atoms with van der Waals surface area (Å²) in [6, 6.07) is 9.70. The van der Waals surface area contributed by atoms with Crippen LogP contribution in [0.1, 0.15) is 10.4 Å². The second-order valence-corrected chi connectivity index (χ2v) is 9.37. The molecule has 4 nitrogen and oxygen atoms in total. The van der Waals surface area contributed by atoms with Crippen molar-refractivity contribution < 1.29 is 26.7 Å². The SMILES string of the molecule is O=C(Nc1ccc(N2CCN(c3c(F)c(F)c(F)c(F)c3F)CC2)c(Cl)c1)c1cc(Br)ccc1Cl. The summed E-state index contributed by atoms with van der Waals surface area (Å²) in [4.78, 5) is 15.5. The van der Waals surface area contributed by atoms with Crippen LogP contribution in [0.2, 0.25) is 10.0 Å². The standard InChI is InChI=1S/C23H15BrCl2F5N3O/c24-11-1-3-14(25)13(9-11)23(35)32-12-2-4-16(15(26)10-12)33-5-7-34(8-6-33)22-20(30)18(28)17(27)19(29)21(22)31/h1-4,9-10H,5-8H2,(H,32,35). The number of carbonyl (C=O) groups excluding carboxylic acids is 1. The minimum atomic E-state index is -2.19. The van der Waals surface area contributed by atoms with Crippen molar-refractivity contribution in [3.8, 4) is 0 Å². The number of piperazine rings is 1. The molecule has 3 aromatic carbocycles. The third-order valence-electron chi connectivity index (χ3n) is 5.50. The molecular weight excluding hydrogens is 580 g/mol. The maximum Gasteiger partial charge on any atom is 0.257 e. The van der Waals surface area contributed by atoms with E-state index in [0.717, 1.165) is 4.90 Å².